The van der Waals surface area contributed by atoms with Crippen LogP contribution in [0.1, 0.15) is 36.1 Å². The van der Waals surface area contributed by atoms with Crippen LogP contribution in [-0.4, -0.2) is 25.0 Å². The van der Waals surface area contributed by atoms with Gasteiger partial charge in [-0.3, -0.25) is 9.59 Å². The summed E-state index contributed by atoms with van der Waals surface area (Å²) in [5, 5.41) is 3.77. The van der Waals surface area contributed by atoms with E-state index >= 15 is 0 Å². The number of fused-ring (bicyclic) bond motifs is 1. The van der Waals surface area contributed by atoms with Gasteiger partial charge < -0.3 is 15.0 Å². The quantitative estimate of drug-likeness (QED) is 0.694. The van der Waals surface area contributed by atoms with Crippen LogP contribution >= 0.6 is 23.2 Å². The molecular formula is C21H22Cl2N2O3. The molecule has 148 valence electrons. The smallest absolute Gasteiger partial charge is 0.254 e. The Kier molecular flexibility index (Phi) is 6.16. The highest BCUT2D eigenvalue weighted by atomic mass is 35.5. The molecule has 0 saturated carbocycles. The summed E-state index contributed by atoms with van der Waals surface area (Å²) in [5.74, 6) is 0.205. The van der Waals surface area contributed by atoms with E-state index in [2.05, 4.69) is 5.32 Å². The second kappa shape index (κ2) is 8.41. The van der Waals surface area contributed by atoms with Crippen molar-refractivity contribution in [2.75, 3.05) is 18.1 Å². The van der Waals surface area contributed by atoms with E-state index in [9.17, 15) is 9.59 Å². The van der Waals surface area contributed by atoms with E-state index in [-0.39, 0.29) is 11.8 Å². The van der Waals surface area contributed by atoms with Crippen molar-refractivity contribution in [1.82, 2.24) is 5.32 Å². The van der Waals surface area contributed by atoms with Gasteiger partial charge in [-0.2, -0.15) is 0 Å². The summed E-state index contributed by atoms with van der Waals surface area (Å²) in [6.07, 6.45) is 0.615. The van der Waals surface area contributed by atoms with Crippen LogP contribution in [0.4, 0.5) is 5.69 Å². The molecular weight excluding hydrogens is 399 g/mol. The summed E-state index contributed by atoms with van der Waals surface area (Å²) in [6, 6.07) is 8.43. The number of anilines is 1. The van der Waals surface area contributed by atoms with Crippen LogP contribution in [0.15, 0.2) is 30.3 Å². The molecule has 3 rings (SSSR count). The van der Waals surface area contributed by atoms with Crippen molar-refractivity contribution in [2.24, 2.45) is 0 Å². The number of carbonyl (C=O) groups is 2. The van der Waals surface area contributed by atoms with Crippen molar-refractivity contribution in [3.63, 3.8) is 0 Å². The molecule has 0 spiro atoms. The average molecular weight is 421 g/mol. The topological polar surface area (TPSA) is 58.6 Å². The van der Waals surface area contributed by atoms with Crippen LogP contribution in [-0.2, 0) is 9.59 Å². The zero-order chi connectivity index (χ0) is 20.4. The fraction of sp³-hybridized carbons (Fsp3) is 0.333. The summed E-state index contributed by atoms with van der Waals surface area (Å²) >= 11 is 12.0. The van der Waals surface area contributed by atoms with Gasteiger partial charge in [0.25, 0.3) is 5.91 Å². The molecule has 0 radical (unpaired) electrons. The molecule has 0 bridgehead atoms. The van der Waals surface area contributed by atoms with Gasteiger partial charge in [0.2, 0.25) is 5.91 Å². The Labute approximate surface area is 174 Å². The fourth-order valence-corrected chi connectivity index (χ4v) is 4.01. The number of rotatable bonds is 6. The minimum Gasteiger partial charge on any atom is -0.492 e. The molecule has 2 aromatic carbocycles. The molecule has 2 aromatic rings. The summed E-state index contributed by atoms with van der Waals surface area (Å²) in [5.41, 5.74) is 3.79. The van der Waals surface area contributed by atoms with Gasteiger partial charge in [0, 0.05) is 24.1 Å². The minimum absolute atomic E-state index is 0.122. The molecule has 0 saturated heterocycles. The number of ether oxygens (including phenoxy) is 1. The lowest BCUT2D eigenvalue weighted by Gasteiger charge is -2.20. The number of nitrogens with zero attached hydrogens (tertiary/aromatic N) is 1. The zero-order valence-corrected chi connectivity index (χ0v) is 17.5. The van der Waals surface area contributed by atoms with Crippen LogP contribution in [0, 0.1) is 13.8 Å². The molecule has 1 aliphatic rings. The van der Waals surface area contributed by atoms with Crippen molar-refractivity contribution >= 4 is 40.7 Å². The standard InChI is InChI=1S/C21H22Cl2N2O3/c1-12-9-13(2)20-16(10-12)19(24-14(3)26)21(27)25(20)7-4-8-28-18-6-5-15(22)11-17(18)23/h5-6,9-11,19H,4,7-8H2,1-3H3,(H,24,26)/t19-/m1/s1. The third kappa shape index (κ3) is 4.26. The van der Waals surface area contributed by atoms with E-state index in [4.69, 9.17) is 27.9 Å². The lowest BCUT2D eigenvalue weighted by Crippen LogP contribution is -2.37. The maximum atomic E-state index is 13.0. The number of nitrogens with one attached hydrogen (secondary N) is 1. The van der Waals surface area contributed by atoms with Gasteiger partial charge in [0.1, 0.15) is 11.8 Å². The van der Waals surface area contributed by atoms with Crippen molar-refractivity contribution in [3.8, 4) is 5.75 Å². The highest BCUT2D eigenvalue weighted by Gasteiger charge is 2.38. The van der Waals surface area contributed by atoms with Crippen LogP contribution in [0.5, 0.6) is 5.75 Å². The number of aryl methyl sites for hydroxylation is 2. The Morgan fingerprint density at radius 1 is 1.21 bits per heavy atom. The summed E-state index contributed by atoms with van der Waals surface area (Å²) in [4.78, 5) is 26.3. The second-order valence-electron chi connectivity index (χ2n) is 6.92. The van der Waals surface area contributed by atoms with Crippen molar-refractivity contribution in [3.05, 3.63) is 57.1 Å². The van der Waals surface area contributed by atoms with Crippen molar-refractivity contribution in [1.29, 1.82) is 0 Å². The van der Waals surface area contributed by atoms with E-state index < -0.39 is 6.04 Å². The first-order valence-corrected chi connectivity index (χ1v) is 9.81. The maximum absolute atomic E-state index is 13.0. The van der Waals surface area contributed by atoms with E-state index in [1.165, 1.54) is 6.92 Å². The van der Waals surface area contributed by atoms with E-state index in [0.29, 0.717) is 35.4 Å². The predicted octanol–water partition coefficient (Wildman–Crippen LogP) is 4.60. The largest absolute Gasteiger partial charge is 0.492 e. The maximum Gasteiger partial charge on any atom is 0.254 e. The van der Waals surface area contributed by atoms with E-state index in [0.717, 1.165) is 22.4 Å². The van der Waals surface area contributed by atoms with Gasteiger partial charge in [-0.1, -0.05) is 40.9 Å². The summed E-state index contributed by atoms with van der Waals surface area (Å²) < 4.78 is 5.72. The number of amides is 2. The third-order valence-corrected chi connectivity index (χ3v) is 5.12. The lowest BCUT2D eigenvalue weighted by molar-refractivity contribution is -0.126. The highest BCUT2D eigenvalue weighted by Crippen LogP contribution is 2.39. The Hall–Kier alpha value is -2.24. The zero-order valence-electron chi connectivity index (χ0n) is 16.0. The molecule has 5 nitrogen and oxygen atoms in total. The first-order chi connectivity index (χ1) is 13.3. The third-order valence-electron chi connectivity index (χ3n) is 4.59. The minimum atomic E-state index is -0.641. The number of carbonyl (C=O) groups excluding carboxylic acids is 2. The molecule has 1 aliphatic heterocycles. The fourth-order valence-electron chi connectivity index (χ4n) is 3.54. The molecule has 0 aromatic heterocycles. The predicted molar refractivity (Wildman–Crippen MR) is 111 cm³/mol. The molecule has 28 heavy (non-hydrogen) atoms. The van der Waals surface area contributed by atoms with Gasteiger partial charge >= 0.3 is 0 Å². The second-order valence-corrected chi connectivity index (χ2v) is 7.76. The summed E-state index contributed by atoms with van der Waals surface area (Å²) in [6.45, 7) is 6.26. The molecule has 0 aliphatic carbocycles. The van der Waals surface area contributed by atoms with Crippen LogP contribution in [0.3, 0.4) is 0 Å². The lowest BCUT2D eigenvalue weighted by atomic mass is 10.0. The SMILES string of the molecule is CC(=O)N[C@H]1C(=O)N(CCCOc2ccc(Cl)cc2Cl)c2c(C)cc(C)cc21. The Morgan fingerprint density at radius 2 is 1.96 bits per heavy atom. The van der Waals surface area contributed by atoms with E-state index in [1.54, 1.807) is 23.1 Å². The van der Waals surface area contributed by atoms with Gasteiger partial charge in [0.15, 0.2) is 0 Å². The van der Waals surface area contributed by atoms with Gasteiger partial charge in [-0.05, 0) is 44.0 Å². The first-order valence-electron chi connectivity index (χ1n) is 9.05. The molecule has 0 unspecified atom stereocenters. The van der Waals surface area contributed by atoms with Crippen LogP contribution < -0.4 is 15.0 Å². The Balaban J connectivity index is 1.72. The van der Waals surface area contributed by atoms with Gasteiger partial charge in [-0.15, -0.1) is 0 Å². The van der Waals surface area contributed by atoms with Gasteiger partial charge in [-0.25, -0.2) is 0 Å². The Morgan fingerprint density at radius 3 is 2.64 bits per heavy atom. The molecule has 1 atom stereocenters. The number of halogens is 2. The van der Waals surface area contributed by atoms with Crippen molar-refractivity contribution < 1.29 is 14.3 Å². The molecule has 2 amide bonds. The molecule has 1 N–H and O–H groups in total. The summed E-state index contributed by atoms with van der Waals surface area (Å²) in [7, 11) is 0. The van der Waals surface area contributed by atoms with Crippen molar-refractivity contribution in [2.45, 2.75) is 33.2 Å². The van der Waals surface area contributed by atoms with Gasteiger partial charge in [0.05, 0.1) is 17.3 Å². The highest BCUT2D eigenvalue weighted by molar-refractivity contribution is 6.35. The molecule has 0 fully saturated rings. The van der Waals surface area contributed by atoms with E-state index in [1.807, 2.05) is 26.0 Å². The number of hydrogen-bond acceptors (Lipinski definition) is 3. The monoisotopic (exact) mass is 420 g/mol. The van der Waals surface area contributed by atoms with Crippen LogP contribution in [0.25, 0.3) is 0 Å². The molecule has 1 heterocycles. The first kappa shape index (κ1) is 20.5. The molecule has 7 heteroatoms. The number of benzene rings is 2. The Bertz CT molecular complexity index is 930. The van der Waals surface area contributed by atoms with Crippen LogP contribution in [0.2, 0.25) is 10.0 Å². The number of hydrogen-bond donors (Lipinski definition) is 1. The average Bonchev–Trinajstić information content (AvgIpc) is 2.85. The normalized spacial score (nSPS) is 15.5.